The topological polar surface area (TPSA) is 49.4 Å². The summed E-state index contributed by atoms with van der Waals surface area (Å²) in [5, 5.41) is 2.57. The standard InChI is InChI=1S/C9H18N2O2/c1-4-6-7-8(12)11(3)9(13)10-5-2/h4-7H2,1-3H3,(H,10,13). The third-order valence-electron chi connectivity index (χ3n) is 1.75. The smallest absolute Gasteiger partial charge is 0.323 e. The van der Waals surface area contributed by atoms with Crippen LogP contribution in [0.25, 0.3) is 0 Å². The highest BCUT2D eigenvalue weighted by Gasteiger charge is 2.14. The van der Waals surface area contributed by atoms with Gasteiger partial charge in [0.1, 0.15) is 0 Å². The van der Waals surface area contributed by atoms with Gasteiger partial charge in [-0.05, 0) is 13.3 Å². The van der Waals surface area contributed by atoms with Crippen LogP contribution in [0.15, 0.2) is 0 Å². The molecule has 0 aliphatic heterocycles. The second-order valence-electron chi connectivity index (χ2n) is 2.89. The van der Waals surface area contributed by atoms with E-state index < -0.39 is 0 Å². The first-order chi connectivity index (χ1) is 6.13. The van der Waals surface area contributed by atoms with Crippen LogP contribution in [0.5, 0.6) is 0 Å². The minimum absolute atomic E-state index is 0.118. The number of nitrogens with one attached hydrogen (secondary N) is 1. The number of carbonyl (C=O) groups excluding carboxylic acids is 2. The van der Waals surface area contributed by atoms with Gasteiger partial charge in [-0.3, -0.25) is 9.69 Å². The summed E-state index contributed by atoms with van der Waals surface area (Å²) in [6.45, 7) is 4.38. The summed E-state index contributed by atoms with van der Waals surface area (Å²) in [5.41, 5.74) is 0. The van der Waals surface area contributed by atoms with Crippen molar-refractivity contribution in [2.75, 3.05) is 13.6 Å². The lowest BCUT2D eigenvalue weighted by atomic mass is 10.2. The summed E-state index contributed by atoms with van der Waals surface area (Å²) in [6.07, 6.45) is 2.25. The molecule has 0 heterocycles. The van der Waals surface area contributed by atoms with Gasteiger partial charge in [-0.25, -0.2) is 4.79 Å². The van der Waals surface area contributed by atoms with E-state index in [-0.39, 0.29) is 11.9 Å². The highest BCUT2D eigenvalue weighted by Crippen LogP contribution is 1.98. The minimum Gasteiger partial charge on any atom is -0.338 e. The molecule has 0 saturated heterocycles. The SMILES string of the molecule is CCCCC(=O)N(C)C(=O)NCC. The van der Waals surface area contributed by atoms with Gasteiger partial charge in [0, 0.05) is 20.0 Å². The number of amides is 3. The Morgan fingerprint density at radius 2 is 1.92 bits per heavy atom. The first-order valence-corrected chi connectivity index (χ1v) is 4.67. The fourth-order valence-corrected chi connectivity index (χ4v) is 0.879. The van der Waals surface area contributed by atoms with Gasteiger partial charge in [-0.15, -0.1) is 0 Å². The second-order valence-corrected chi connectivity index (χ2v) is 2.89. The molecule has 4 heteroatoms. The normalized spacial score (nSPS) is 9.46. The van der Waals surface area contributed by atoms with E-state index >= 15 is 0 Å². The zero-order valence-corrected chi connectivity index (χ0v) is 8.59. The van der Waals surface area contributed by atoms with Crippen LogP contribution in [0.4, 0.5) is 4.79 Å². The third kappa shape index (κ3) is 4.50. The van der Waals surface area contributed by atoms with E-state index in [1.807, 2.05) is 13.8 Å². The minimum atomic E-state index is -0.316. The van der Waals surface area contributed by atoms with Gasteiger partial charge in [0.15, 0.2) is 0 Å². The Kier molecular flexibility index (Phi) is 5.93. The quantitative estimate of drug-likeness (QED) is 0.720. The lowest BCUT2D eigenvalue weighted by molar-refractivity contribution is -0.127. The summed E-state index contributed by atoms with van der Waals surface area (Å²) in [5.74, 6) is -0.118. The van der Waals surface area contributed by atoms with Crippen LogP contribution in [0.2, 0.25) is 0 Å². The summed E-state index contributed by atoms with van der Waals surface area (Å²) < 4.78 is 0. The van der Waals surface area contributed by atoms with Crippen molar-refractivity contribution < 1.29 is 9.59 Å². The van der Waals surface area contributed by atoms with E-state index in [1.165, 1.54) is 7.05 Å². The third-order valence-corrected chi connectivity index (χ3v) is 1.75. The number of imide groups is 1. The van der Waals surface area contributed by atoms with Crippen LogP contribution < -0.4 is 5.32 Å². The Labute approximate surface area is 79.3 Å². The highest BCUT2D eigenvalue weighted by atomic mass is 16.2. The molecule has 0 radical (unpaired) electrons. The predicted molar refractivity (Wildman–Crippen MR) is 51.4 cm³/mol. The summed E-state index contributed by atoms with van der Waals surface area (Å²) >= 11 is 0. The zero-order valence-electron chi connectivity index (χ0n) is 8.59. The number of hydrogen-bond donors (Lipinski definition) is 1. The fraction of sp³-hybridized carbons (Fsp3) is 0.778. The molecule has 0 saturated carbocycles. The molecular formula is C9H18N2O2. The van der Waals surface area contributed by atoms with Crippen molar-refractivity contribution in [2.45, 2.75) is 33.1 Å². The molecule has 0 atom stereocenters. The molecule has 0 aromatic rings. The largest absolute Gasteiger partial charge is 0.338 e. The molecule has 0 aromatic carbocycles. The highest BCUT2D eigenvalue weighted by molar-refractivity contribution is 5.93. The molecule has 76 valence electrons. The van der Waals surface area contributed by atoms with Crippen LogP contribution in [0.3, 0.4) is 0 Å². The Morgan fingerprint density at radius 3 is 2.38 bits per heavy atom. The average Bonchev–Trinajstić information content (AvgIpc) is 2.13. The van der Waals surface area contributed by atoms with E-state index in [0.717, 1.165) is 17.7 Å². The number of nitrogens with zero attached hydrogens (tertiary/aromatic N) is 1. The maximum atomic E-state index is 11.3. The van der Waals surface area contributed by atoms with Gasteiger partial charge in [0.2, 0.25) is 5.91 Å². The second kappa shape index (κ2) is 6.46. The predicted octanol–water partition coefficient (Wildman–Crippen LogP) is 1.36. The summed E-state index contributed by atoms with van der Waals surface area (Å²) in [4.78, 5) is 23.6. The molecule has 4 nitrogen and oxygen atoms in total. The first kappa shape index (κ1) is 11.9. The zero-order chi connectivity index (χ0) is 10.3. The van der Waals surface area contributed by atoms with Crippen molar-refractivity contribution in [2.24, 2.45) is 0 Å². The van der Waals surface area contributed by atoms with Crippen molar-refractivity contribution in [1.29, 1.82) is 0 Å². The van der Waals surface area contributed by atoms with Gasteiger partial charge >= 0.3 is 6.03 Å². The monoisotopic (exact) mass is 186 g/mol. The van der Waals surface area contributed by atoms with Gasteiger partial charge in [-0.1, -0.05) is 13.3 Å². The van der Waals surface area contributed by atoms with E-state index in [0.29, 0.717) is 13.0 Å². The fourth-order valence-electron chi connectivity index (χ4n) is 0.879. The Balaban J connectivity index is 3.87. The van der Waals surface area contributed by atoms with Crippen molar-refractivity contribution >= 4 is 11.9 Å². The molecule has 0 aromatic heterocycles. The maximum Gasteiger partial charge on any atom is 0.323 e. The van der Waals surface area contributed by atoms with Crippen LogP contribution in [0.1, 0.15) is 33.1 Å². The van der Waals surface area contributed by atoms with Gasteiger partial charge in [0.05, 0.1) is 0 Å². The molecule has 0 bridgehead atoms. The van der Waals surface area contributed by atoms with Gasteiger partial charge in [0.25, 0.3) is 0 Å². The molecule has 0 spiro atoms. The van der Waals surface area contributed by atoms with E-state index in [4.69, 9.17) is 0 Å². The molecule has 0 aliphatic carbocycles. The van der Waals surface area contributed by atoms with Gasteiger partial charge < -0.3 is 5.32 Å². The molecule has 13 heavy (non-hydrogen) atoms. The maximum absolute atomic E-state index is 11.3. The Bertz CT molecular complexity index is 180. The summed E-state index contributed by atoms with van der Waals surface area (Å²) in [7, 11) is 1.50. The van der Waals surface area contributed by atoms with Gasteiger partial charge in [-0.2, -0.15) is 0 Å². The van der Waals surface area contributed by atoms with Crippen LogP contribution in [-0.2, 0) is 4.79 Å². The Morgan fingerprint density at radius 1 is 1.31 bits per heavy atom. The number of hydrogen-bond acceptors (Lipinski definition) is 2. The number of carbonyl (C=O) groups is 2. The molecule has 0 rings (SSSR count). The lowest BCUT2D eigenvalue weighted by Crippen LogP contribution is -2.40. The van der Waals surface area contributed by atoms with E-state index in [2.05, 4.69) is 5.32 Å². The van der Waals surface area contributed by atoms with Crippen molar-refractivity contribution in [3.05, 3.63) is 0 Å². The number of rotatable bonds is 4. The van der Waals surface area contributed by atoms with Crippen molar-refractivity contribution in [3.8, 4) is 0 Å². The number of unbranched alkanes of at least 4 members (excludes halogenated alkanes) is 1. The molecule has 0 aliphatic rings. The van der Waals surface area contributed by atoms with Crippen LogP contribution in [-0.4, -0.2) is 30.4 Å². The summed E-state index contributed by atoms with van der Waals surface area (Å²) in [6, 6.07) is -0.316. The van der Waals surface area contributed by atoms with Crippen molar-refractivity contribution in [1.82, 2.24) is 10.2 Å². The van der Waals surface area contributed by atoms with E-state index in [1.54, 1.807) is 0 Å². The molecular weight excluding hydrogens is 168 g/mol. The molecule has 0 unspecified atom stereocenters. The van der Waals surface area contributed by atoms with Crippen LogP contribution >= 0.6 is 0 Å². The first-order valence-electron chi connectivity index (χ1n) is 4.67. The van der Waals surface area contributed by atoms with Crippen molar-refractivity contribution in [3.63, 3.8) is 0 Å². The molecule has 0 fully saturated rings. The van der Waals surface area contributed by atoms with Crippen LogP contribution in [0, 0.1) is 0 Å². The lowest BCUT2D eigenvalue weighted by Gasteiger charge is -2.14. The Hall–Kier alpha value is -1.06. The molecule has 3 amide bonds. The number of urea groups is 1. The molecule has 1 N–H and O–H groups in total. The average molecular weight is 186 g/mol. The van der Waals surface area contributed by atoms with E-state index in [9.17, 15) is 9.59 Å².